The van der Waals surface area contributed by atoms with Gasteiger partial charge in [-0.15, -0.1) is 0 Å². The van der Waals surface area contributed by atoms with E-state index >= 15 is 0 Å². The van der Waals surface area contributed by atoms with Crippen molar-refractivity contribution in [2.24, 2.45) is 0 Å². The first-order valence-electron chi connectivity index (χ1n) is 10.9. The fourth-order valence-corrected chi connectivity index (χ4v) is 5.37. The second-order valence-electron chi connectivity index (χ2n) is 8.34. The van der Waals surface area contributed by atoms with E-state index in [0.29, 0.717) is 0 Å². The molecule has 0 aromatic heterocycles. The van der Waals surface area contributed by atoms with Gasteiger partial charge in [0.05, 0.1) is 11.9 Å². The highest BCUT2D eigenvalue weighted by atomic mass is 32.2. The van der Waals surface area contributed by atoms with E-state index in [9.17, 15) is 10.2 Å². The SMILES string of the molecule is CCCCCCCCCCCCS[C@@H]1[C@H]2OC(C)(C)O[C@H]2O[C@@H]1[C@H](O)CO. The Morgan fingerprint density at radius 1 is 0.926 bits per heavy atom. The molecule has 2 aliphatic heterocycles. The van der Waals surface area contributed by atoms with E-state index in [1.807, 2.05) is 13.8 Å². The van der Waals surface area contributed by atoms with Gasteiger partial charge in [-0.3, -0.25) is 0 Å². The molecule has 6 heteroatoms. The largest absolute Gasteiger partial charge is 0.394 e. The molecule has 5 nitrogen and oxygen atoms in total. The maximum atomic E-state index is 10.1. The first-order chi connectivity index (χ1) is 13.0. The van der Waals surface area contributed by atoms with E-state index in [-0.39, 0.29) is 18.0 Å². The first-order valence-corrected chi connectivity index (χ1v) is 11.9. The molecule has 0 radical (unpaired) electrons. The number of aliphatic hydroxyl groups excluding tert-OH is 2. The topological polar surface area (TPSA) is 68.2 Å². The van der Waals surface area contributed by atoms with Crippen LogP contribution in [0.2, 0.25) is 0 Å². The molecule has 5 atom stereocenters. The van der Waals surface area contributed by atoms with Crippen LogP contribution in [0.1, 0.15) is 85.0 Å². The minimum absolute atomic E-state index is 0.00232. The van der Waals surface area contributed by atoms with Crippen molar-refractivity contribution in [2.45, 2.75) is 121 Å². The number of hydrogen-bond acceptors (Lipinski definition) is 6. The van der Waals surface area contributed by atoms with Crippen LogP contribution in [0.5, 0.6) is 0 Å². The summed E-state index contributed by atoms with van der Waals surface area (Å²) in [4.78, 5) is 0. The van der Waals surface area contributed by atoms with Crippen molar-refractivity contribution in [3.8, 4) is 0 Å². The third-order valence-electron chi connectivity index (χ3n) is 5.40. The molecule has 2 N–H and O–H groups in total. The number of rotatable bonds is 14. The lowest BCUT2D eigenvalue weighted by atomic mass is 10.1. The Morgan fingerprint density at radius 2 is 1.52 bits per heavy atom. The maximum absolute atomic E-state index is 10.1. The Balaban J connectivity index is 1.61. The molecule has 0 saturated carbocycles. The molecular weight excluding hydrogens is 364 g/mol. The van der Waals surface area contributed by atoms with Crippen molar-refractivity contribution in [2.75, 3.05) is 12.4 Å². The van der Waals surface area contributed by atoms with Gasteiger partial charge in [0.1, 0.15) is 18.3 Å². The zero-order valence-electron chi connectivity index (χ0n) is 17.4. The van der Waals surface area contributed by atoms with Gasteiger partial charge in [-0.05, 0) is 26.0 Å². The molecule has 2 rings (SSSR count). The summed E-state index contributed by atoms with van der Waals surface area (Å²) < 4.78 is 17.6. The molecule has 0 bridgehead atoms. The van der Waals surface area contributed by atoms with Crippen molar-refractivity contribution >= 4 is 11.8 Å². The molecule has 0 aromatic carbocycles. The molecule has 0 unspecified atom stereocenters. The number of fused-ring (bicyclic) bond motifs is 1. The normalized spacial score (nSPS) is 30.6. The van der Waals surface area contributed by atoms with Crippen LogP contribution in [0.3, 0.4) is 0 Å². The van der Waals surface area contributed by atoms with Crippen LogP contribution in [-0.2, 0) is 14.2 Å². The summed E-state index contributed by atoms with van der Waals surface area (Å²) in [6, 6.07) is 0. The summed E-state index contributed by atoms with van der Waals surface area (Å²) >= 11 is 1.79. The van der Waals surface area contributed by atoms with Gasteiger partial charge in [0.2, 0.25) is 0 Å². The Labute approximate surface area is 169 Å². The van der Waals surface area contributed by atoms with E-state index in [4.69, 9.17) is 14.2 Å². The third-order valence-corrected chi connectivity index (χ3v) is 6.85. The molecule has 0 aromatic rings. The van der Waals surface area contributed by atoms with Gasteiger partial charge in [-0.25, -0.2) is 0 Å². The van der Waals surface area contributed by atoms with Crippen molar-refractivity contribution in [3.05, 3.63) is 0 Å². The van der Waals surface area contributed by atoms with Crippen LogP contribution in [-0.4, -0.2) is 58.2 Å². The number of ether oxygens (including phenoxy) is 3. The predicted octanol–water partition coefficient (Wildman–Crippen LogP) is 4.24. The molecule has 2 fully saturated rings. The van der Waals surface area contributed by atoms with Gasteiger partial charge in [0.15, 0.2) is 12.1 Å². The highest BCUT2D eigenvalue weighted by Gasteiger charge is 2.56. The Hall–Kier alpha value is 0.150. The second-order valence-corrected chi connectivity index (χ2v) is 9.62. The van der Waals surface area contributed by atoms with Crippen LogP contribution in [0.4, 0.5) is 0 Å². The fourth-order valence-electron chi connectivity index (χ4n) is 3.92. The van der Waals surface area contributed by atoms with Crippen LogP contribution >= 0.6 is 11.8 Å². The quantitative estimate of drug-likeness (QED) is 0.422. The van der Waals surface area contributed by atoms with Gasteiger partial charge >= 0.3 is 0 Å². The van der Waals surface area contributed by atoms with E-state index in [1.165, 1.54) is 64.2 Å². The fraction of sp³-hybridized carbons (Fsp3) is 1.00. The van der Waals surface area contributed by atoms with E-state index in [2.05, 4.69) is 6.92 Å². The first kappa shape index (κ1) is 23.4. The van der Waals surface area contributed by atoms with Gasteiger partial charge in [-0.2, -0.15) is 11.8 Å². The number of aliphatic hydroxyl groups is 2. The second kappa shape index (κ2) is 12.0. The maximum Gasteiger partial charge on any atom is 0.188 e. The summed E-state index contributed by atoms with van der Waals surface area (Å²) in [5.74, 6) is 0.368. The minimum atomic E-state index is -0.892. The number of unbranched alkanes of at least 4 members (excludes halogenated alkanes) is 9. The Bertz CT molecular complexity index is 406. The van der Waals surface area contributed by atoms with Crippen LogP contribution in [0.25, 0.3) is 0 Å². The van der Waals surface area contributed by atoms with Crippen LogP contribution in [0, 0.1) is 0 Å². The lowest BCUT2D eigenvalue weighted by molar-refractivity contribution is -0.214. The third kappa shape index (κ3) is 7.48. The molecule has 2 heterocycles. The van der Waals surface area contributed by atoms with Gasteiger partial charge < -0.3 is 24.4 Å². The standard InChI is InChI=1S/C21H40O5S/c1-4-5-6-7-8-9-10-11-12-13-14-27-19-17(16(23)15-22)24-20-18(19)25-21(2,3)26-20/h16-20,22-23H,4-15H2,1-3H3/t16-,17-,18-,19+,20-/m1/s1. The highest BCUT2D eigenvalue weighted by Crippen LogP contribution is 2.43. The van der Waals surface area contributed by atoms with Crippen LogP contribution < -0.4 is 0 Å². The highest BCUT2D eigenvalue weighted by molar-refractivity contribution is 8.00. The molecule has 27 heavy (non-hydrogen) atoms. The summed E-state index contributed by atoms with van der Waals surface area (Å²) in [7, 11) is 0. The number of thioether (sulfide) groups is 1. The minimum Gasteiger partial charge on any atom is -0.394 e. The van der Waals surface area contributed by atoms with E-state index in [0.717, 1.165) is 5.75 Å². The summed E-state index contributed by atoms with van der Waals surface area (Å²) in [6.45, 7) is 5.73. The van der Waals surface area contributed by atoms with Crippen molar-refractivity contribution in [1.29, 1.82) is 0 Å². The van der Waals surface area contributed by atoms with Gasteiger partial charge in [0, 0.05) is 0 Å². The Morgan fingerprint density at radius 3 is 2.11 bits per heavy atom. The smallest absolute Gasteiger partial charge is 0.188 e. The van der Waals surface area contributed by atoms with Crippen molar-refractivity contribution in [1.82, 2.24) is 0 Å². The summed E-state index contributed by atoms with van der Waals surface area (Å²) in [5.41, 5.74) is 0. The van der Waals surface area contributed by atoms with Crippen molar-refractivity contribution < 1.29 is 24.4 Å². The molecule has 160 valence electrons. The summed E-state index contributed by atoms with van der Waals surface area (Å²) in [6.07, 6.45) is 11.3. The molecule has 0 amide bonds. The molecule has 2 saturated heterocycles. The van der Waals surface area contributed by atoms with Gasteiger partial charge in [0.25, 0.3) is 0 Å². The molecule has 2 aliphatic rings. The summed E-state index contributed by atoms with van der Waals surface area (Å²) in [5, 5.41) is 19.4. The lowest BCUT2D eigenvalue weighted by Crippen LogP contribution is -2.40. The van der Waals surface area contributed by atoms with E-state index < -0.39 is 24.3 Å². The number of hydrogen-bond donors (Lipinski definition) is 2. The average molecular weight is 405 g/mol. The van der Waals surface area contributed by atoms with Crippen LogP contribution in [0.15, 0.2) is 0 Å². The monoisotopic (exact) mass is 404 g/mol. The van der Waals surface area contributed by atoms with Gasteiger partial charge in [-0.1, -0.05) is 64.7 Å². The lowest BCUT2D eigenvalue weighted by Gasteiger charge is -2.27. The molecular formula is C21H40O5S. The Kier molecular flexibility index (Phi) is 10.4. The zero-order chi connectivity index (χ0) is 19.7. The van der Waals surface area contributed by atoms with Crippen molar-refractivity contribution in [3.63, 3.8) is 0 Å². The predicted molar refractivity (Wildman–Crippen MR) is 110 cm³/mol. The zero-order valence-corrected chi connectivity index (χ0v) is 18.2. The van der Waals surface area contributed by atoms with E-state index in [1.54, 1.807) is 11.8 Å². The molecule has 0 aliphatic carbocycles. The molecule has 0 spiro atoms. The average Bonchev–Trinajstić information content (AvgIpc) is 3.11.